The van der Waals surface area contributed by atoms with Crippen LogP contribution >= 0.6 is 39.3 Å². The number of benzene rings is 1. The first kappa shape index (κ1) is 13.6. The van der Waals surface area contributed by atoms with Crippen LogP contribution < -0.4 is 4.74 Å². The van der Waals surface area contributed by atoms with Gasteiger partial charge in [-0.25, -0.2) is 9.97 Å². The van der Waals surface area contributed by atoms with Crippen molar-refractivity contribution in [2.75, 3.05) is 7.11 Å². The van der Waals surface area contributed by atoms with E-state index < -0.39 is 0 Å². The summed E-state index contributed by atoms with van der Waals surface area (Å²) in [4.78, 5) is 8.39. The Balaban J connectivity index is 2.02. The second-order valence-corrected chi connectivity index (χ2v) is 5.71. The van der Waals surface area contributed by atoms with E-state index in [9.17, 15) is 0 Å². The normalized spacial score (nSPS) is 10.4. The molecule has 1 aromatic heterocycles. The molecule has 0 aliphatic carbocycles. The summed E-state index contributed by atoms with van der Waals surface area (Å²) >= 11 is 10.9. The Kier molecular flexibility index (Phi) is 4.86. The predicted molar refractivity (Wildman–Crippen MR) is 77.3 cm³/mol. The third-order valence-electron chi connectivity index (χ3n) is 2.18. The van der Waals surface area contributed by atoms with Crippen molar-refractivity contribution >= 4 is 39.3 Å². The molecule has 94 valence electrons. The maximum atomic E-state index is 6.06. The summed E-state index contributed by atoms with van der Waals surface area (Å²) in [5, 5.41) is 1.36. The lowest BCUT2D eigenvalue weighted by atomic mass is 10.2. The van der Waals surface area contributed by atoms with Crippen molar-refractivity contribution in [3.05, 3.63) is 45.7 Å². The highest BCUT2D eigenvalue weighted by Crippen LogP contribution is 2.27. The molecule has 18 heavy (non-hydrogen) atoms. The van der Waals surface area contributed by atoms with Crippen LogP contribution in [0.2, 0.25) is 5.02 Å². The number of thioether (sulfide) groups is 1. The first-order chi connectivity index (χ1) is 8.69. The van der Waals surface area contributed by atoms with E-state index in [1.165, 1.54) is 0 Å². The van der Waals surface area contributed by atoms with Crippen LogP contribution in [0.4, 0.5) is 0 Å². The quantitative estimate of drug-likeness (QED) is 0.614. The maximum Gasteiger partial charge on any atom is 0.187 e. The van der Waals surface area contributed by atoms with Gasteiger partial charge in [-0.2, -0.15) is 0 Å². The number of hydrogen-bond donors (Lipinski definition) is 0. The van der Waals surface area contributed by atoms with Gasteiger partial charge in [0.05, 0.1) is 16.6 Å². The zero-order valence-corrected chi connectivity index (χ0v) is 12.7. The molecular weight excluding hydrogens is 336 g/mol. The Morgan fingerprint density at radius 3 is 2.67 bits per heavy atom. The predicted octanol–water partition coefficient (Wildman–Crippen LogP) is 4.19. The van der Waals surface area contributed by atoms with Crippen molar-refractivity contribution in [3.63, 3.8) is 0 Å². The standard InChI is InChI=1S/C12H10BrClN2OS/c1-17-11-3-2-8(4-10(11)14)7-18-12-15-5-9(13)6-16-12/h2-6H,7H2,1H3. The van der Waals surface area contributed by atoms with Crippen LogP contribution in [0, 0.1) is 0 Å². The van der Waals surface area contributed by atoms with Gasteiger partial charge in [-0.1, -0.05) is 29.4 Å². The zero-order chi connectivity index (χ0) is 13.0. The van der Waals surface area contributed by atoms with Crippen molar-refractivity contribution in [2.45, 2.75) is 10.9 Å². The Bertz CT molecular complexity index is 536. The van der Waals surface area contributed by atoms with E-state index >= 15 is 0 Å². The van der Waals surface area contributed by atoms with E-state index in [1.807, 2.05) is 18.2 Å². The smallest absolute Gasteiger partial charge is 0.187 e. The van der Waals surface area contributed by atoms with Gasteiger partial charge in [0.1, 0.15) is 5.75 Å². The highest BCUT2D eigenvalue weighted by Gasteiger charge is 2.03. The number of hydrogen-bond acceptors (Lipinski definition) is 4. The summed E-state index contributed by atoms with van der Waals surface area (Å²) < 4.78 is 5.98. The Morgan fingerprint density at radius 1 is 1.33 bits per heavy atom. The minimum Gasteiger partial charge on any atom is -0.495 e. The molecular formula is C12H10BrClN2OS. The van der Waals surface area contributed by atoms with Crippen LogP contribution in [0.25, 0.3) is 0 Å². The second-order valence-electron chi connectivity index (χ2n) is 3.44. The van der Waals surface area contributed by atoms with Gasteiger partial charge in [-0.3, -0.25) is 0 Å². The first-order valence-corrected chi connectivity index (χ1v) is 7.27. The Labute approximate surface area is 123 Å². The number of halogens is 2. The summed E-state index contributed by atoms with van der Waals surface area (Å²) in [6.45, 7) is 0. The molecule has 0 spiro atoms. The summed E-state index contributed by atoms with van der Waals surface area (Å²) in [5.74, 6) is 1.45. The third-order valence-corrected chi connectivity index (χ3v) is 3.83. The number of methoxy groups -OCH3 is 1. The van der Waals surface area contributed by atoms with Gasteiger partial charge in [-0.05, 0) is 33.6 Å². The largest absolute Gasteiger partial charge is 0.495 e. The molecule has 2 rings (SSSR count). The summed E-state index contributed by atoms with van der Waals surface area (Å²) in [5.41, 5.74) is 1.11. The monoisotopic (exact) mass is 344 g/mol. The zero-order valence-electron chi connectivity index (χ0n) is 9.56. The first-order valence-electron chi connectivity index (χ1n) is 5.12. The Hall–Kier alpha value is -0.780. The molecule has 0 bridgehead atoms. The molecule has 1 heterocycles. The van der Waals surface area contributed by atoms with E-state index in [0.717, 1.165) is 20.9 Å². The molecule has 3 nitrogen and oxygen atoms in total. The van der Waals surface area contributed by atoms with Crippen LogP contribution in [-0.4, -0.2) is 17.1 Å². The average molecular weight is 346 g/mol. The van der Waals surface area contributed by atoms with E-state index in [2.05, 4.69) is 25.9 Å². The molecule has 0 radical (unpaired) electrons. The van der Waals surface area contributed by atoms with Crippen molar-refractivity contribution in [1.82, 2.24) is 9.97 Å². The lowest BCUT2D eigenvalue weighted by Gasteiger charge is -2.05. The summed E-state index contributed by atoms with van der Waals surface area (Å²) in [6, 6.07) is 5.74. The van der Waals surface area contributed by atoms with E-state index in [-0.39, 0.29) is 0 Å². The minimum absolute atomic E-state index is 0.618. The molecule has 0 saturated heterocycles. The molecule has 0 atom stereocenters. The third kappa shape index (κ3) is 3.60. The SMILES string of the molecule is COc1ccc(CSc2ncc(Br)cn2)cc1Cl. The van der Waals surface area contributed by atoms with Crippen molar-refractivity contribution in [3.8, 4) is 5.75 Å². The molecule has 0 aliphatic heterocycles. The number of ether oxygens (including phenoxy) is 1. The highest BCUT2D eigenvalue weighted by atomic mass is 79.9. The average Bonchev–Trinajstić information content (AvgIpc) is 2.38. The van der Waals surface area contributed by atoms with Crippen LogP contribution in [0.3, 0.4) is 0 Å². The van der Waals surface area contributed by atoms with E-state index in [0.29, 0.717) is 10.8 Å². The van der Waals surface area contributed by atoms with Gasteiger partial charge < -0.3 is 4.74 Å². The fraction of sp³-hybridized carbons (Fsp3) is 0.167. The number of rotatable bonds is 4. The summed E-state index contributed by atoms with van der Waals surface area (Å²) in [6.07, 6.45) is 3.46. The molecule has 0 fully saturated rings. The summed E-state index contributed by atoms with van der Waals surface area (Å²) in [7, 11) is 1.60. The molecule has 0 unspecified atom stereocenters. The van der Waals surface area contributed by atoms with E-state index in [1.54, 1.807) is 31.3 Å². The van der Waals surface area contributed by atoms with Crippen LogP contribution in [0.5, 0.6) is 5.75 Å². The molecule has 2 aromatic rings. The minimum atomic E-state index is 0.618. The molecule has 1 aromatic carbocycles. The van der Waals surface area contributed by atoms with E-state index in [4.69, 9.17) is 16.3 Å². The van der Waals surface area contributed by atoms with Crippen LogP contribution in [0.15, 0.2) is 40.2 Å². The lowest BCUT2D eigenvalue weighted by molar-refractivity contribution is 0.415. The van der Waals surface area contributed by atoms with Gasteiger partial charge in [-0.15, -0.1) is 0 Å². The van der Waals surface area contributed by atoms with Crippen LogP contribution in [-0.2, 0) is 5.75 Å². The van der Waals surface area contributed by atoms with Gasteiger partial charge >= 0.3 is 0 Å². The van der Waals surface area contributed by atoms with Crippen molar-refractivity contribution in [2.24, 2.45) is 0 Å². The molecule has 0 N–H and O–H groups in total. The number of nitrogens with zero attached hydrogens (tertiary/aromatic N) is 2. The van der Waals surface area contributed by atoms with Crippen LogP contribution in [0.1, 0.15) is 5.56 Å². The molecule has 6 heteroatoms. The van der Waals surface area contributed by atoms with Crippen molar-refractivity contribution in [1.29, 1.82) is 0 Å². The number of aromatic nitrogens is 2. The van der Waals surface area contributed by atoms with Gasteiger partial charge in [0, 0.05) is 18.1 Å². The molecule has 0 aliphatic rings. The fourth-order valence-corrected chi connectivity index (χ4v) is 2.54. The van der Waals surface area contributed by atoms with Crippen molar-refractivity contribution < 1.29 is 4.74 Å². The fourth-order valence-electron chi connectivity index (χ4n) is 1.32. The molecule has 0 amide bonds. The Morgan fingerprint density at radius 2 is 2.06 bits per heavy atom. The molecule has 0 saturated carbocycles. The van der Waals surface area contributed by atoms with Gasteiger partial charge in [0.2, 0.25) is 0 Å². The van der Waals surface area contributed by atoms with Gasteiger partial charge in [0.15, 0.2) is 5.16 Å². The topological polar surface area (TPSA) is 35.0 Å². The maximum absolute atomic E-state index is 6.06. The lowest BCUT2D eigenvalue weighted by Crippen LogP contribution is -1.88. The highest BCUT2D eigenvalue weighted by molar-refractivity contribution is 9.10. The van der Waals surface area contributed by atoms with Gasteiger partial charge in [0.25, 0.3) is 0 Å². The second kappa shape index (κ2) is 6.41.